The molecule has 0 atom stereocenters. The highest BCUT2D eigenvalue weighted by Gasteiger charge is 2.34. The van der Waals surface area contributed by atoms with Crippen LogP contribution in [0.3, 0.4) is 0 Å². The molecule has 2 fully saturated rings. The van der Waals surface area contributed by atoms with Gasteiger partial charge >= 0.3 is 0 Å². The minimum Gasteiger partial charge on any atom is -0.378 e. The molecule has 0 spiro atoms. The monoisotopic (exact) mass is 239 g/mol. The molecule has 0 aromatic rings. The topological polar surface area (TPSA) is 12.5 Å². The molecule has 2 rings (SSSR count). The molecule has 0 aliphatic carbocycles. The van der Waals surface area contributed by atoms with Gasteiger partial charge in [0.15, 0.2) is 0 Å². The van der Waals surface area contributed by atoms with Gasteiger partial charge in [0, 0.05) is 17.0 Å². The lowest BCUT2D eigenvalue weighted by molar-refractivity contribution is -0.0810. The summed E-state index contributed by atoms with van der Waals surface area (Å²) >= 11 is 2.50. The van der Waals surface area contributed by atoms with Gasteiger partial charge in [-0.3, -0.25) is 4.90 Å². The molecule has 3 heteroatoms. The minimum atomic E-state index is 0.774. The van der Waals surface area contributed by atoms with Crippen molar-refractivity contribution < 1.29 is 4.74 Å². The van der Waals surface area contributed by atoms with Crippen LogP contribution in [0.1, 0.15) is 0 Å². The minimum absolute atomic E-state index is 0.774. The van der Waals surface area contributed by atoms with E-state index in [2.05, 4.69) is 27.5 Å². The van der Waals surface area contributed by atoms with Crippen molar-refractivity contribution in [2.45, 2.75) is 9.97 Å². The second kappa shape index (κ2) is 2.36. The molecular weight excluding hydrogens is 229 g/mol. The Morgan fingerprint density at radius 3 is 2.33 bits per heavy atom. The second-order valence-corrected chi connectivity index (χ2v) is 4.50. The molecule has 0 bridgehead atoms. The zero-order valence-electron chi connectivity index (χ0n) is 5.22. The summed E-state index contributed by atoms with van der Waals surface area (Å²) in [5, 5.41) is 0. The quantitative estimate of drug-likeness (QED) is 0.488. The van der Waals surface area contributed by atoms with Gasteiger partial charge in [0.2, 0.25) is 0 Å². The van der Waals surface area contributed by atoms with E-state index in [4.69, 9.17) is 4.74 Å². The van der Waals surface area contributed by atoms with Crippen molar-refractivity contribution in [2.75, 3.05) is 26.3 Å². The SMILES string of the molecule is IC1CN(C2COC2)C1. The van der Waals surface area contributed by atoms with Crippen LogP contribution in [0.4, 0.5) is 0 Å². The first-order valence-electron chi connectivity index (χ1n) is 3.32. The van der Waals surface area contributed by atoms with Gasteiger partial charge in [0.25, 0.3) is 0 Å². The van der Waals surface area contributed by atoms with E-state index in [1.54, 1.807) is 0 Å². The van der Waals surface area contributed by atoms with Gasteiger partial charge in [-0.15, -0.1) is 0 Å². The van der Waals surface area contributed by atoms with Crippen molar-refractivity contribution in [3.8, 4) is 0 Å². The maximum atomic E-state index is 5.08. The van der Waals surface area contributed by atoms with Gasteiger partial charge < -0.3 is 4.74 Å². The van der Waals surface area contributed by atoms with Gasteiger partial charge in [0.05, 0.1) is 19.3 Å². The number of hydrogen-bond donors (Lipinski definition) is 0. The third-order valence-corrected chi connectivity index (χ3v) is 2.79. The van der Waals surface area contributed by atoms with Gasteiger partial charge in [-0.05, 0) is 0 Å². The third-order valence-electron chi connectivity index (χ3n) is 2.00. The molecule has 0 aromatic heterocycles. The summed E-state index contributed by atoms with van der Waals surface area (Å²) < 4.78 is 5.99. The first kappa shape index (κ1) is 6.37. The van der Waals surface area contributed by atoms with Crippen LogP contribution < -0.4 is 0 Å². The van der Waals surface area contributed by atoms with Crippen LogP contribution in [0.25, 0.3) is 0 Å². The Balaban J connectivity index is 1.75. The molecule has 0 radical (unpaired) electrons. The molecule has 0 aromatic carbocycles. The zero-order valence-corrected chi connectivity index (χ0v) is 7.37. The van der Waals surface area contributed by atoms with Gasteiger partial charge in [-0.25, -0.2) is 0 Å². The van der Waals surface area contributed by atoms with Crippen LogP contribution in [0.2, 0.25) is 0 Å². The van der Waals surface area contributed by atoms with Gasteiger partial charge in [0.1, 0.15) is 0 Å². The van der Waals surface area contributed by atoms with Crippen molar-refractivity contribution in [1.82, 2.24) is 4.90 Å². The summed E-state index contributed by atoms with van der Waals surface area (Å²) in [6, 6.07) is 0.774. The molecular formula is C6H10INO. The molecule has 52 valence electrons. The fourth-order valence-corrected chi connectivity index (χ4v) is 2.20. The molecule has 0 unspecified atom stereocenters. The highest BCUT2D eigenvalue weighted by atomic mass is 127. The largest absolute Gasteiger partial charge is 0.378 e. The lowest BCUT2D eigenvalue weighted by Gasteiger charge is -2.45. The molecule has 9 heavy (non-hydrogen) atoms. The Morgan fingerprint density at radius 1 is 1.33 bits per heavy atom. The third kappa shape index (κ3) is 1.10. The summed E-state index contributed by atoms with van der Waals surface area (Å²) in [6.45, 7) is 4.52. The van der Waals surface area contributed by atoms with E-state index >= 15 is 0 Å². The van der Waals surface area contributed by atoms with Crippen molar-refractivity contribution >= 4 is 22.6 Å². The zero-order chi connectivity index (χ0) is 6.27. The molecule has 2 aliphatic rings. The highest BCUT2D eigenvalue weighted by Crippen LogP contribution is 2.22. The predicted molar refractivity (Wildman–Crippen MR) is 44.0 cm³/mol. The average molecular weight is 239 g/mol. The predicted octanol–water partition coefficient (Wildman–Crippen LogP) is 0.504. The normalized spacial score (nSPS) is 31.7. The van der Waals surface area contributed by atoms with E-state index in [1.807, 2.05) is 0 Å². The van der Waals surface area contributed by atoms with Crippen LogP contribution in [-0.2, 0) is 4.74 Å². The Hall–Kier alpha value is 0.650. The summed E-state index contributed by atoms with van der Waals surface area (Å²) in [4.78, 5) is 2.50. The Labute approximate surface area is 68.7 Å². The summed E-state index contributed by atoms with van der Waals surface area (Å²) in [5.74, 6) is 0. The Kier molecular flexibility index (Phi) is 1.67. The Morgan fingerprint density at radius 2 is 2.00 bits per heavy atom. The molecule has 0 saturated carbocycles. The summed E-state index contributed by atoms with van der Waals surface area (Å²) in [6.07, 6.45) is 0. The number of alkyl halides is 1. The molecule has 2 aliphatic heterocycles. The number of ether oxygens (including phenoxy) is 1. The highest BCUT2D eigenvalue weighted by molar-refractivity contribution is 14.1. The molecule has 2 nitrogen and oxygen atoms in total. The number of rotatable bonds is 1. The number of halogens is 1. The maximum Gasteiger partial charge on any atom is 0.0645 e. The van der Waals surface area contributed by atoms with E-state index in [-0.39, 0.29) is 0 Å². The first-order chi connectivity index (χ1) is 4.36. The average Bonchev–Trinajstić information content (AvgIpc) is 1.57. The number of nitrogens with zero attached hydrogens (tertiary/aromatic N) is 1. The van der Waals surface area contributed by atoms with Gasteiger partial charge in [-0.1, -0.05) is 22.6 Å². The first-order valence-corrected chi connectivity index (χ1v) is 4.56. The lowest BCUT2D eigenvalue weighted by atomic mass is 10.1. The number of likely N-dealkylation sites (tertiary alicyclic amines) is 1. The maximum absolute atomic E-state index is 5.08. The Bertz CT molecular complexity index is 110. The van der Waals surface area contributed by atoms with Crippen molar-refractivity contribution in [2.24, 2.45) is 0 Å². The summed E-state index contributed by atoms with van der Waals surface area (Å²) in [5.41, 5.74) is 0. The lowest BCUT2D eigenvalue weighted by Crippen LogP contribution is -2.59. The molecule has 2 saturated heterocycles. The van der Waals surface area contributed by atoms with E-state index in [1.165, 1.54) is 13.1 Å². The van der Waals surface area contributed by atoms with E-state index in [0.29, 0.717) is 0 Å². The fraction of sp³-hybridized carbons (Fsp3) is 1.00. The van der Waals surface area contributed by atoms with Crippen LogP contribution in [0.5, 0.6) is 0 Å². The van der Waals surface area contributed by atoms with Crippen LogP contribution in [0.15, 0.2) is 0 Å². The van der Waals surface area contributed by atoms with Crippen molar-refractivity contribution in [1.29, 1.82) is 0 Å². The van der Waals surface area contributed by atoms with Crippen LogP contribution in [-0.4, -0.2) is 41.2 Å². The number of hydrogen-bond acceptors (Lipinski definition) is 2. The standard InChI is InChI=1S/C6H10INO/c7-5-1-8(2-5)6-3-9-4-6/h5-6H,1-4H2. The molecule has 0 amide bonds. The smallest absolute Gasteiger partial charge is 0.0645 e. The fourth-order valence-electron chi connectivity index (χ4n) is 1.19. The molecule has 0 N–H and O–H groups in total. The van der Waals surface area contributed by atoms with Crippen molar-refractivity contribution in [3.05, 3.63) is 0 Å². The second-order valence-electron chi connectivity index (χ2n) is 2.74. The van der Waals surface area contributed by atoms with E-state index < -0.39 is 0 Å². The van der Waals surface area contributed by atoms with Crippen LogP contribution >= 0.6 is 22.6 Å². The van der Waals surface area contributed by atoms with Crippen molar-refractivity contribution in [3.63, 3.8) is 0 Å². The van der Waals surface area contributed by atoms with E-state index in [0.717, 1.165) is 23.2 Å². The van der Waals surface area contributed by atoms with Gasteiger partial charge in [-0.2, -0.15) is 0 Å². The van der Waals surface area contributed by atoms with Crippen LogP contribution in [0, 0.1) is 0 Å². The summed E-state index contributed by atoms with van der Waals surface area (Å²) in [7, 11) is 0. The molecule has 2 heterocycles. The van der Waals surface area contributed by atoms with E-state index in [9.17, 15) is 0 Å².